The Kier molecular flexibility index (Phi) is 2.57. The molecule has 2 fully saturated rings. The second-order valence-corrected chi connectivity index (χ2v) is 4.48. The van der Waals surface area contributed by atoms with Crippen LogP contribution in [0.5, 0.6) is 0 Å². The van der Waals surface area contributed by atoms with Crippen LogP contribution < -0.4 is 0 Å². The molecule has 0 aromatic heterocycles. The van der Waals surface area contributed by atoms with E-state index in [4.69, 9.17) is 9.47 Å². The third-order valence-corrected chi connectivity index (χ3v) is 3.57. The molecule has 90 valence electrons. The zero-order chi connectivity index (χ0) is 11.8. The van der Waals surface area contributed by atoms with Gasteiger partial charge in [-0.15, -0.1) is 0 Å². The van der Waals surface area contributed by atoms with Crippen molar-refractivity contribution < 1.29 is 14.4 Å². The predicted molar refractivity (Wildman–Crippen MR) is 59.6 cm³/mol. The summed E-state index contributed by atoms with van der Waals surface area (Å²) in [6, 6.07) is 6.76. The lowest BCUT2D eigenvalue weighted by atomic mass is 9.87. The fraction of sp³-hybridized carbons (Fsp3) is 0.500. The van der Waals surface area contributed by atoms with Crippen molar-refractivity contribution in [1.29, 1.82) is 0 Å². The first-order valence-corrected chi connectivity index (χ1v) is 5.73. The molecule has 0 aliphatic carbocycles. The van der Waals surface area contributed by atoms with Gasteiger partial charge in [-0.3, -0.25) is 10.1 Å². The van der Waals surface area contributed by atoms with Gasteiger partial charge < -0.3 is 9.47 Å². The molecule has 17 heavy (non-hydrogen) atoms. The molecule has 0 N–H and O–H groups in total. The molecule has 5 nitrogen and oxygen atoms in total. The fourth-order valence-electron chi connectivity index (χ4n) is 2.65. The van der Waals surface area contributed by atoms with E-state index in [-0.39, 0.29) is 16.9 Å². The number of nitro benzene ring substituents is 1. The summed E-state index contributed by atoms with van der Waals surface area (Å²) in [5.41, 5.74) is 1.24. The number of nitrogens with zero attached hydrogens (tertiary/aromatic N) is 1. The zero-order valence-electron chi connectivity index (χ0n) is 9.24. The lowest BCUT2D eigenvalue weighted by Gasteiger charge is -2.14. The second-order valence-electron chi connectivity index (χ2n) is 4.48. The SMILES string of the molecule is O=[N+]([O-])c1ccc([C@@H]2CO[C@H]3OCC[C@H]32)cc1. The van der Waals surface area contributed by atoms with Gasteiger partial charge in [-0.25, -0.2) is 0 Å². The van der Waals surface area contributed by atoms with Crippen molar-refractivity contribution in [2.24, 2.45) is 5.92 Å². The van der Waals surface area contributed by atoms with Gasteiger partial charge in [-0.1, -0.05) is 12.1 Å². The molecule has 5 heteroatoms. The van der Waals surface area contributed by atoms with Gasteiger partial charge in [-0.05, 0) is 12.0 Å². The molecule has 3 atom stereocenters. The Labute approximate surface area is 98.5 Å². The highest BCUT2D eigenvalue weighted by Crippen LogP contribution is 2.41. The van der Waals surface area contributed by atoms with E-state index in [0.717, 1.165) is 18.6 Å². The fourth-order valence-corrected chi connectivity index (χ4v) is 2.65. The van der Waals surface area contributed by atoms with Crippen molar-refractivity contribution >= 4 is 5.69 Å². The number of hydrogen-bond donors (Lipinski definition) is 0. The third-order valence-electron chi connectivity index (χ3n) is 3.57. The summed E-state index contributed by atoms with van der Waals surface area (Å²) in [4.78, 5) is 10.2. The number of nitro groups is 1. The van der Waals surface area contributed by atoms with Gasteiger partial charge in [0, 0.05) is 24.0 Å². The van der Waals surface area contributed by atoms with Crippen LogP contribution in [0.4, 0.5) is 5.69 Å². The van der Waals surface area contributed by atoms with Crippen molar-refractivity contribution in [3.8, 4) is 0 Å². The average Bonchev–Trinajstić information content (AvgIpc) is 2.90. The molecule has 2 saturated heterocycles. The highest BCUT2D eigenvalue weighted by molar-refractivity contribution is 5.35. The normalized spacial score (nSPS) is 31.4. The highest BCUT2D eigenvalue weighted by Gasteiger charge is 2.42. The van der Waals surface area contributed by atoms with Gasteiger partial charge in [0.1, 0.15) is 0 Å². The van der Waals surface area contributed by atoms with Crippen LogP contribution in [0.3, 0.4) is 0 Å². The number of hydrogen-bond acceptors (Lipinski definition) is 4. The molecule has 2 aliphatic rings. The van der Waals surface area contributed by atoms with Crippen LogP contribution in [0.25, 0.3) is 0 Å². The lowest BCUT2D eigenvalue weighted by Crippen LogP contribution is -2.13. The summed E-state index contributed by atoms with van der Waals surface area (Å²) in [5.74, 6) is 0.708. The molecular formula is C12H13NO4. The Morgan fingerprint density at radius 1 is 1.24 bits per heavy atom. The minimum Gasteiger partial charge on any atom is -0.352 e. The van der Waals surface area contributed by atoms with Gasteiger partial charge in [0.2, 0.25) is 0 Å². The summed E-state index contributed by atoms with van der Waals surface area (Å²) >= 11 is 0. The van der Waals surface area contributed by atoms with Crippen LogP contribution in [-0.4, -0.2) is 24.4 Å². The number of benzene rings is 1. The molecule has 0 spiro atoms. The third kappa shape index (κ3) is 1.81. The van der Waals surface area contributed by atoms with E-state index in [1.807, 2.05) is 12.1 Å². The van der Waals surface area contributed by atoms with E-state index in [1.54, 1.807) is 12.1 Å². The van der Waals surface area contributed by atoms with Crippen LogP contribution in [0.15, 0.2) is 24.3 Å². The molecule has 2 heterocycles. The summed E-state index contributed by atoms with van der Waals surface area (Å²) in [7, 11) is 0. The van der Waals surface area contributed by atoms with E-state index in [0.29, 0.717) is 18.4 Å². The molecule has 1 aromatic carbocycles. The molecule has 0 saturated carbocycles. The zero-order valence-corrected chi connectivity index (χ0v) is 9.24. The van der Waals surface area contributed by atoms with Crippen LogP contribution in [-0.2, 0) is 9.47 Å². The van der Waals surface area contributed by atoms with E-state index < -0.39 is 0 Å². The number of non-ortho nitro benzene ring substituents is 1. The van der Waals surface area contributed by atoms with E-state index in [9.17, 15) is 10.1 Å². The Balaban J connectivity index is 1.82. The molecule has 3 rings (SSSR count). The molecular weight excluding hydrogens is 222 g/mol. The molecule has 0 radical (unpaired) electrons. The van der Waals surface area contributed by atoms with E-state index in [1.165, 1.54) is 0 Å². The predicted octanol–water partition coefficient (Wildman–Crippen LogP) is 2.07. The summed E-state index contributed by atoms with van der Waals surface area (Å²) < 4.78 is 11.0. The maximum Gasteiger partial charge on any atom is 0.269 e. The van der Waals surface area contributed by atoms with Gasteiger partial charge in [0.15, 0.2) is 6.29 Å². The van der Waals surface area contributed by atoms with Crippen LogP contribution in [0.1, 0.15) is 17.9 Å². The number of fused-ring (bicyclic) bond motifs is 1. The number of rotatable bonds is 2. The molecule has 0 bridgehead atoms. The van der Waals surface area contributed by atoms with E-state index in [2.05, 4.69) is 0 Å². The van der Waals surface area contributed by atoms with Gasteiger partial charge in [0.05, 0.1) is 18.1 Å². The maximum atomic E-state index is 10.6. The van der Waals surface area contributed by atoms with Gasteiger partial charge in [0.25, 0.3) is 5.69 Å². The van der Waals surface area contributed by atoms with Crippen LogP contribution >= 0.6 is 0 Å². The molecule has 0 unspecified atom stereocenters. The van der Waals surface area contributed by atoms with Gasteiger partial charge in [-0.2, -0.15) is 0 Å². The van der Waals surface area contributed by atoms with Crippen LogP contribution in [0, 0.1) is 16.0 Å². The van der Waals surface area contributed by atoms with Crippen molar-refractivity contribution in [2.75, 3.05) is 13.2 Å². The molecule has 0 amide bonds. The summed E-state index contributed by atoms with van der Waals surface area (Å²) in [6.45, 7) is 1.39. The Morgan fingerprint density at radius 3 is 2.71 bits per heavy atom. The minimum absolute atomic E-state index is 0.0739. The first-order chi connectivity index (χ1) is 8.25. The lowest BCUT2D eigenvalue weighted by molar-refractivity contribution is -0.384. The standard InChI is InChI=1S/C12H13NO4/c14-13(15)9-3-1-8(2-4-9)11-7-17-12-10(11)5-6-16-12/h1-4,10-12H,5-7H2/t10-,11-,12+/m0/s1. The minimum atomic E-state index is -0.379. The van der Waals surface area contributed by atoms with Crippen molar-refractivity contribution in [3.63, 3.8) is 0 Å². The average molecular weight is 235 g/mol. The molecule has 1 aromatic rings. The summed E-state index contributed by atoms with van der Waals surface area (Å²) in [6.07, 6.45) is 0.932. The maximum absolute atomic E-state index is 10.6. The topological polar surface area (TPSA) is 61.6 Å². The largest absolute Gasteiger partial charge is 0.352 e. The smallest absolute Gasteiger partial charge is 0.269 e. The first kappa shape index (κ1) is 10.7. The van der Waals surface area contributed by atoms with Crippen molar-refractivity contribution in [1.82, 2.24) is 0 Å². The Morgan fingerprint density at radius 2 is 2.00 bits per heavy atom. The summed E-state index contributed by atoms with van der Waals surface area (Å²) in [5, 5.41) is 10.6. The van der Waals surface area contributed by atoms with E-state index >= 15 is 0 Å². The monoisotopic (exact) mass is 235 g/mol. The molecule has 2 aliphatic heterocycles. The first-order valence-electron chi connectivity index (χ1n) is 5.73. The van der Waals surface area contributed by atoms with Crippen molar-refractivity contribution in [3.05, 3.63) is 39.9 Å². The second kappa shape index (κ2) is 4.09. The highest BCUT2D eigenvalue weighted by atomic mass is 16.7. The Bertz CT molecular complexity index is 431. The number of ether oxygens (including phenoxy) is 2. The quantitative estimate of drug-likeness (QED) is 0.581. The van der Waals surface area contributed by atoms with Crippen molar-refractivity contribution in [2.45, 2.75) is 18.6 Å². The van der Waals surface area contributed by atoms with Crippen LogP contribution in [0.2, 0.25) is 0 Å². The van der Waals surface area contributed by atoms with Gasteiger partial charge >= 0.3 is 0 Å². The Hall–Kier alpha value is -1.46.